The molecule has 0 bridgehead atoms. The first kappa shape index (κ1) is 22.3. The fourth-order valence-electron chi connectivity index (χ4n) is 4.93. The van der Waals surface area contributed by atoms with Gasteiger partial charge in [-0.05, 0) is 93.8 Å². The molecule has 6 rings (SSSR count). The molecule has 1 aromatic heterocycles. The van der Waals surface area contributed by atoms with Crippen molar-refractivity contribution in [3.05, 3.63) is 118 Å². The third-order valence-electron chi connectivity index (χ3n) is 6.54. The first-order chi connectivity index (χ1) is 16.5. The Kier molecular flexibility index (Phi) is 6.16. The number of rotatable bonds is 2. The fourth-order valence-corrected chi connectivity index (χ4v) is 5.57. The second kappa shape index (κ2) is 9.40. The van der Waals surface area contributed by atoms with Gasteiger partial charge in [-0.25, -0.2) is 8.42 Å². The van der Waals surface area contributed by atoms with Gasteiger partial charge in [0, 0.05) is 18.6 Å². The van der Waals surface area contributed by atoms with Gasteiger partial charge in [0.2, 0.25) is 0 Å². The summed E-state index contributed by atoms with van der Waals surface area (Å²) in [5.74, 6) is 0. The molecule has 2 aliphatic rings. The highest BCUT2D eigenvalue weighted by atomic mass is 32.2. The van der Waals surface area contributed by atoms with Crippen LogP contribution in [-0.2, 0) is 22.7 Å². The average Bonchev–Trinajstić information content (AvgIpc) is 2.89. The van der Waals surface area contributed by atoms with Crippen LogP contribution >= 0.6 is 0 Å². The molecular formula is C30H27NO2S. The van der Waals surface area contributed by atoms with Crippen LogP contribution in [0.1, 0.15) is 29.5 Å². The normalized spacial score (nSPS) is 14.0. The molecule has 0 N–H and O–H groups in total. The number of fused-ring (bicyclic) bond motifs is 5. The van der Waals surface area contributed by atoms with Gasteiger partial charge in [0.1, 0.15) is 0 Å². The van der Waals surface area contributed by atoms with Crippen LogP contribution in [-0.4, -0.2) is 19.7 Å². The summed E-state index contributed by atoms with van der Waals surface area (Å²) < 4.78 is 23.6. The van der Waals surface area contributed by atoms with E-state index in [2.05, 4.69) is 47.5 Å². The van der Waals surface area contributed by atoms with Gasteiger partial charge < -0.3 is 0 Å². The molecule has 0 radical (unpaired) electrons. The summed E-state index contributed by atoms with van der Waals surface area (Å²) in [6.07, 6.45) is 11.3. The molecule has 0 fully saturated rings. The van der Waals surface area contributed by atoms with Crippen molar-refractivity contribution in [2.75, 3.05) is 6.26 Å². The van der Waals surface area contributed by atoms with Gasteiger partial charge >= 0.3 is 0 Å². The number of hydrogen-bond acceptors (Lipinski definition) is 3. The van der Waals surface area contributed by atoms with E-state index in [1.54, 1.807) is 24.5 Å². The Hall–Kier alpha value is -3.50. The molecule has 1 heterocycles. The Bertz CT molecular complexity index is 1530. The summed E-state index contributed by atoms with van der Waals surface area (Å²) in [5, 5.41) is 2.71. The van der Waals surface area contributed by atoms with E-state index >= 15 is 0 Å². The van der Waals surface area contributed by atoms with Gasteiger partial charge in [0.25, 0.3) is 0 Å². The molecule has 0 amide bonds. The van der Waals surface area contributed by atoms with Gasteiger partial charge in [-0.3, -0.25) is 4.98 Å². The minimum Gasteiger partial charge on any atom is -0.265 e. The van der Waals surface area contributed by atoms with E-state index in [0.29, 0.717) is 4.90 Å². The van der Waals surface area contributed by atoms with Crippen LogP contribution in [0.3, 0.4) is 0 Å². The first-order valence-corrected chi connectivity index (χ1v) is 13.5. The van der Waals surface area contributed by atoms with E-state index in [9.17, 15) is 8.42 Å². The summed E-state index contributed by atoms with van der Waals surface area (Å²) in [6.45, 7) is 0. The van der Waals surface area contributed by atoms with Gasteiger partial charge in [-0.2, -0.15) is 0 Å². The molecule has 3 nitrogen and oxygen atoms in total. The zero-order chi connectivity index (χ0) is 23.5. The predicted molar refractivity (Wildman–Crippen MR) is 139 cm³/mol. The lowest BCUT2D eigenvalue weighted by Crippen LogP contribution is -2.36. The summed E-state index contributed by atoms with van der Waals surface area (Å²) in [5.41, 5.74) is 7.91. The second-order valence-corrected chi connectivity index (χ2v) is 10.8. The van der Waals surface area contributed by atoms with Crippen molar-refractivity contribution in [2.24, 2.45) is 0 Å². The van der Waals surface area contributed by atoms with Crippen molar-refractivity contribution in [1.82, 2.24) is 4.98 Å². The number of nitrogens with zero attached hydrogens (tertiary/aromatic N) is 1. The number of benzene rings is 3. The SMILES string of the molecule is CS(=O)(=O)c1ccc(C2=c3c(ccc4c3=CCc3ccccc3-4)CCC2)cc1.c1ccncc1. The minimum absolute atomic E-state index is 0.378. The third kappa shape index (κ3) is 4.46. The highest BCUT2D eigenvalue weighted by molar-refractivity contribution is 7.90. The number of hydrogen-bond donors (Lipinski definition) is 0. The highest BCUT2D eigenvalue weighted by Gasteiger charge is 2.18. The van der Waals surface area contributed by atoms with Crippen LogP contribution in [0.5, 0.6) is 0 Å². The number of aryl methyl sites for hydroxylation is 1. The Balaban J connectivity index is 0.000000351. The maximum absolute atomic E-state index is 11.8. The van der Waals surface area contributed by atoms with Crippen molar-refractivity contribution in [3.8, 4) is 11.1 Å². The zero-order valence-corrected chi connectivity index (χ0v) is 20.1. The third-order valence-corrected chi connectivity index (χ3v) is 7.67. The molecule has 4 aromatic rings. The van der Waals surface area contributed by atoms with E-state index in [-0.39, 0.29) is 0 Å². The monoisotopic (exact) mass is 465 g/mol. The Morgan fingerprint density at radius 3 is 2.18 bits per heavy atom. The minimum atomic E-state index is -3.17. The van der Waals surface area contributed by atoms with Crippen LogP contribution in [0.4, 0.5) is 0 Å². The standard InChI is InChI=1S/C25H22O2S.C5H5N/c1-28(26,27)20-13-9-18(10-14-20)22-8-4-6-19-12-15-23-21-7-3-2-5-17(21)11-16-24(23)25(19)22;1-2-4-6-5-3-1/h2-3,5,7,9-10,12-16H,4,6,8,11H2,1H3;1-5H. The molecule has 0 spiro atoms. The molecular weight excluding hydrogens is 438 g/mol. The molecule has 0 aliphatic heterocycles. The molecule has 2 aliphatic carbocycles. The molecule has 0 atom stereocenters. The summed E-state index contributed by atoms with van der Waals surface area (Å²) in [4.78, 5) is 4.16. The smallest absolute Gasteiger partial charge is 0.175 e. The van der Waals surface area contributed by atoms with Crippen LogP contribution in [0.2, 0.25) is 0 Å². The molecule has 0 saturated heterocycles. The lowest BCUT2D eigenvalue weighted by Gasteiger charge is -2.21. The average molecular weight is 466 g/mol. The number of sulfone groups is 1. The van der Waals surface area contributed by atoms with E-state index in [1.165, 1.54) is 44.5 Å². The molecule has 34 heavy (non-hydrogen) atoms. The van der Waals surface area contributed by atoms with Crippen LogP contribution in [0.15, 0.2) is 96.2 Å². The van der Waals surface area contributed by atoms with Crippen molar-refractivity contribution in [3.63, 3.8) is 0 Å². The quantitative estimate of drug-likeness (QED) is 0.431. The molecule has 0 unspecified atom stereocenters. The molecule has 170 valence electrons. The molecule has 4 heteroatoms. The van der Waals surface area contributed by atoms with E-state index in [0.717, 1.165) is 31.2 Å². The van der Waals surface area contributed by atoms with Crippen LogP contribution < -0.4 is 10.4 Å². The number of pyridine rings is 1. The van der Waals surface area contributed by atoms with E-state index < -0.39 is 9.84 Å². The second-order valence-electron chi connectivity index (χ2n) is 8.78. The first-order valence-electron chi connectivity index (χ1n) is 11.6. The Morgan fingerprint density at radius 2 is 1.50 bits per heavy atom. The largest absolute Gasteiger partial charge is 0.265 e. The lowest BCUT2D eigenvalue weighted by molar-refractivity contribution is 0.602. The summed E-state index contributed by atoms with van der Waals surface area (Å²) >= 11 is 0. The van der Waals surface area contributed by atoms with E-state index in [1.807, 2.05) is 30.3 Å². The predicted octanol–water partition coefficient (Wildman–Crippen LogP) is 4.71. The van der Waals surface area contributed by atoms with Crippen molar-refractivity contribution in [2.45, 2.75) is 30.6 Å². The van der Waals surface area contributed by atoms with Gasteiger partial charge in [0.05, 0.1) is 4.90 Å². The maximum Gasteiger partial charge on any atom is 0.175 e. The van der Waals surface area contributed by atoms with Crippen LogP contribution in [0.25, 0.3) is 22.8 Å². The lowest BCUT2D eigenvalue weighted by atomic mass is 9.83. The Morgan fingerprint density at radius 1 is 0.735 bits per heavy atom. The summed E-state index contributed by atoms with van der Waals surface area (Å²) in [6, 6.07) is 26.3. The summed E-state index contributed by atoms with van der Waals surface area (Å²) in [7, 11) is -3.17. The van der Waals surface area contributed by atoms with Crippen LogP contribution in [0, 0.1) is 0 Å². The fraction of sp³-hybridized carbons (Fsp3) is 0.167. The molecule has 3 aromatic carbocycles. The number of aromatic nitrogens is 1. The van der Waals surface area contributed by atoms with E-state index in [4.69, 9.17) is 0 Å². The topological polar surface area (TPSA) is 47.0 Å². The van der Waals surface area contributed by atoms with Crippen molar-refractivity contribution >= 4 is 21.5 Å². The highest BCUT2D eigenvalue weighted by Crippen LogP contribution is 2.27. The Labute approximate surface area is 201 Å². The zero-order valence-electron chi connectivity index (χ0n) is 19.2. The maximum atomic E-state index is 11.8. The van der Waals surface area contributed by atoms with Gasteiger partial charge in [0.15, 0.2) is 9.84 Å². The van der Waals surface area contributed by atoms with Gasteiger partial charge in [-0.1, -0.05) is 60.7 Å². The van der Waals surface area contributed by atoms with Crippen molar-refractivity contribution < 1.29 is 8.42 Å². The van der Waals surface area contributed by atoms with Crippen molar-refractivity contribution in [1.29, 1.82) is 0 Å². The molecule has 0 saturated carbocycles. The van der Waals surface area contributed by atoms with Gasteiger partial charge in [-0.15, -0.1) is 0 Å².